The van der Waals surface area contributed by atoms with E-state index in [0.29, 0.717) is 12.1 Å². The summed E-state index contributed by atoms with van der Waals surface area (Å²) in [6, 6.07) is 8.54. The number of nitrogens with zero attached hydrogens (tertiary/aromatic N) is 1. The van der Waals surface area contributed by atoms with E-state index in [2.05, 4.69) is 11.9 Å². The van der Waals surface area contributed by atoms with Crippen LogP contribution < -0.4 is 5.32 Å². The highest BCUT2D eigenvalue weighted by atomic mass is 16.5. The predicted molar refractivity (Wildman–Crippen MR) is 91.4 cm³/mol. The number of benzene rings is 1. The Morgan fingerprint density at radius 3 is 2.62 bits per heavy atom. The molecule has 1 aliphatic heterocycles. The van der Waals surface area contributed by atoms with Crippen molar-refractivity contribution in [2.24, 2.45) is 0 Å². The van der Waals surface area contributed by atoms with Crippen molar-refractivity contribution in [2.75, 3.05) is 13.2 Å². The Kier molecular flexibility index (Phi) is 5.00. The lowest BCUT2D eigenvalue weighted by atomic mass is 9.89. The Hall–Kier alpha value is -2.14. The first-order valence-corrected chi connectivity index (χ1v) is 8.59. The molecule has 1 aliphatic carbocycles. The molecule has 2 fully saturated rings. The molecule has 24 heavy (non-hydrogen) atoms. The lowest BCUT2D eigenvalue weighted by molar-refractivity contribution is -0.127. The molecule has 1 N–H and O–H groups in total. The Balaban J connectivity index is 1.90. The van der Waals surface area contributed by atoms with Gasteiger partial charge in [0.25, 0.3) is 5.91 Å². The van der Waals surface area contributed by atoms with Crippen LogP contribution in [0.3, 0.4) is 0 Å². The molecular formula is C19H24N2O3. The smallest absolute Gasteiger partial charge is 0.256 e. The highest BCUT2D eigenvalue weighted by Gasteiger charge is 2.52. The number of ether oxygens (including phenoxy) is 1. The summed E-state index contributed by atoms with van der Waals surface area (Å²) in [7, 11) is 0. The van der Waals surface area contributed by atoms with Crippen molar-refractivity contribution in [2.45, 2.75) is 43.9 Å². The van der Waals surface area contributed by atoms with Gasteiger partial charge in [0.2, 0.25) is 5.91 Å². The van der Waals surface area contributed by atoms with Crippen LogP contribution in [-0.2, 0) is 9.53 Å². The van der Waals surface area contributed by atoms with E-state index < -0.39 is 11.8 Å². The molecule has 2 amide bonds. The third-order valence-electron chi connectivity index (χ3n) is 4.86. The van der Waals surface area contributed by atoms with E-state index in [1.807, 2.05) is 18.2 Å². The molecule has 1 aromatic carbocycles. The SMILES string of the molecule is C=CCNC(=O)[C@H]1COC2(CCCCC2)N1C(=O)c1ccccc1. The average Bonchev–Trinajstić information content (AvgIpc) is 2.99. The van der Waals surface area contributed by atoms with Crippen LogP contribution in [0.4, 0.5) is 0 Å². The quantitative estimate of drug-likeness (QED) is 0.864. The van der Waals surface area contributed by atoms with Crippen molar-refractivity contribution in [3.63, 3.8) is 0 Å². The van der Waals surface area contributed by atoms with E-state index in [1.165, 1.54) is 0 Å². The normalized spacial score (nSPS) is 22.3. The molecule has 1 spiro atoms. The van der Waals surface area contributed by atoms with Crippen molar-refractivity contribution in [3.05, 3.63) is 48.6 Å². The van der Waals surface area contributed by atoms with Gasteiger partial charge in [0.05, 0.1) is 6.61 Å². The fourth-order valence-corrected chi connectivity index (χ4v) is 3.68. The standard InChI is InChI=1S/C19H24N2O3/c1-2-13-20-17(22)16-14-24-19(11-7-4-8-12-19)21(16)18(23)15-9-5-3-6-10-15/h2-3,5-6,9-10,16H,1,4,7-8,11-14H2,(H,20,22)/t16-/m1/s1. The van der Waals surface area contributed by atoms with Crippen molar-refractivity contribution >= 4 is 11.8 Å². The zero-order valence-corrected chi connectivity index (χ0v) is 13.9. The second-order valence-corrected chi connectivity index (χ2v) is 6.41. The summed E-state index contributed by atoms with van der Waals surface area (Å²) < 4.78 is 6.07. The first-order valence-electron chi connectivity index (χ1n) is 8.59. The van der Waals surface area contributed by atoms with Crippen LogP contribution >= 0.6 is 0 Å². The van der Waals surface area contributed by atoms with Gasteiger partial charge in [-0.2, -0.15) is 0 Å². The molecule has 1 saturated heterocycles. The van der Waals surface area contributed by atoms with Crippen LogP contribution in [0.5, 0.6) is 0 Å². The molecule has 1 saturated carbocycles. The predicted octanol–water partition coefficient (Wildman–Crippen LogP) is 2.49. The fourth-order valence-electron chi connectivity index (χ4n) is 3.68. The molecule has 1 aromatic rings. The summed E-state index contributed by atoms with van der Waals surface area (Å²) >= 11 is 0. The summed E-state index contributed by atoms with van der Waals surface area (Å²) in [5.41, 5.74) is -0.0454. The Morgan fingerprint density at radius 1 is 1.25 bits per heavy atom. The highest BCUT2D eigenvalue weighted by Crippen LogP contribution is 2.41. The number of amides is 2. The summed E-state index contributed by atoms with van der Waals surface area (Å²) in [6.45, 7) is 4.25. The maximum atomic E-state index is 13.2. The zero-order valence-electron chi connectivity index (χ0n) is 13.9. The molecule has 128 valence electrons. The maximum absolute atomic E-state index is 13.2. The van der Waals surface area contributed by atoms with Gasteiger partial charge in [-0.05, 0) is 37.8 Å². The number of carbonyl (C=O) groups excluding carboxylic acids is 2. The van der Waals surface area contributed by atoms with E-state index in [4.69, 9.17) is 4.74 Å². The molecule has 3 rings (SSSR count). The van der Waals surface area contributed by atoms with E-state index in [1.54, 1.807) is 23.1 Å². The molecule has 0 bridgehead atoms. The van der Waals surface area contributed by atoms with Crippen LogP contribution in [0.1, 0.15) is 42.5 Å². The van der Waals surface area contributed by atoms with E-state index in [9.17, 15) is 9.59 Å². The first kappa shape index (κ1) is 16.7. The third kappa shape index (κ3) is 3.08. The van der Waals surface area contributed by atoms with E-state index in [-0.39, 0.29) is 18.4 Å². The van der Waals surface area contributed by atoms with Gasteiger partial charge in [-0.1, -0.05) is 30.7 Å². The van der Waals surface area contributed by atoms with Crippen LogP contribution in [0, 0.1) is 0 Å². The number of hydrogen-bond acceptors (Lipinski definition) is 3. The Morgan fingerprint density at radius 2 is 1.96 bits per heavy atom. The minimum Gasteiger partial charge on any atom is -0.353 e. The van der Waals surface area contributed by atoms with Gasteiger partial charge >= 0.3 is 0 Å². The molecule has 1 heterocycles. The highest BCUT2D eigenvalue weighted by molar-refractivity contribution is 5.98. The molecule has 0 unspecified atom stereocenters. The van der Waals surface area contributed by atoms with Crippen LogP contribution in [0.2, 0.25) is 0 Å². The lowest BCUT2D eigenvalue weighted by Gasteiger charge is -2.41. The van der Waals surface area contributed by atoms with Crippen LogP contribution in [0.15, 0.2) is 43.0 Å². The van der Waals surface area contributed by atoms with Gasteiger partial charge in [-0.25, -0.2) is 0 Å². The van der Waals surface area contributed by atoms with Gasteiger partial charge < -0.3 is 10.1 Å². The second kappa shape index (κ2) is 7.18. The average molecular weight is 328 g/mol. The molecule has 1 atom stereocenters. The van der Waals surface area contributed by atoms with Gasteiger partial charge in [0.1, 0.15) is 11.8 Å². The molecule has 5 nitrogen and oxygen atoms in total. The maximum Gasteiger partial charge on any atom is 0.256 e. The van der Waals surface area contributed by atoms with Crippen molar-refractivity contribution < 1.29 is 14.3 Å². The molecule has 5 heteroatoms. The third-order valence-corrected chi connectivity index (χ3v) is 4.86. The number of hydrogen-bond donors (Lipinski definition) is 1. The van der Waals surface area contributed by atoms with Crippen molar-refractivity contribution in [1.82, 2.24) is 10.2 Å². The van der Waals surface area contributed by atoms with Gasteiger partial charge in [0.15, 0.2) is 0 Å². The Labute approximate surface area is 142 Å². The van der Waals surface area contributed by atoms with Crippen LogP contribution in [0.25, 0.3) is 0 Å². The summed E-state index contributed by atoms with van der Waals surface area (Å²) in [5.74, 6) is -0.310. The molecule has 0 aromatic heterocycles. The van der Waals surface area contributed by atoms with Crippen molar-refractivity contribution in [1.29, 1.82) is 0 Å². The zero-order chi connectivity index (χ0) is 17.0. The number of nitrogens with one attached hydrogen (secondary N) is 1. The van der Waals surface area contributed by atoms with Crippen LogP contribution in [-0.4, -0.2) is 41.6 Å². The van der Waals surface area contributed by atoms with E-state index in [0.717, 1.165) is 32.1 Å². The minimum absolute atomic E-state index is 0.131. The Bertz CT molecular complexity index is 608. The van der Waals surface area contributed by atoms with Crippen molar-refractivity contribution in [3.8, 4) is 0 Å². The monoisotopic (exact) mass is 328 g/mol. The summed E-state index contributed by atoms with van der Waals surface area (Å²) in [4.78, 5) is 27.4. The summed E-state index contributed by atoms with van der Waals surface area (Å²) in [6.07, 6.45) is 6.38. The topological polar surface area (TPSA) is 58.6 Å². The number of rotatable bonds is 4. The lowest BCUT2D eigenvalue weighted by Crippen LogP contribution is -2.56. The fraction of sp³-hybridized carbons (Fsp3) is 0.474. The summed E-state index contributed by atoms with van der Waals surface area (Å²) in [5, 5.41) is 2.80. The van der Waals surface area contributed by atoms with Gasteiger partial charge in [0, 0.05) is 12.1 Å². The van der Waals surface area contributed by atoms with Gasteiger partial charge in [-0.3, -0.25) is 14.5 Å². The largest absolute Gasteiger partial charge is 0.353 e. The van der Waals surface area contributed by atoms with E-state index >= 15 is 0 Å². The van der Waals surface area contributed by atoms with Gasteiger partial charge in [-0.15, -0.1) is 6.58 Å². The second-order valence-electron chi connectivity index (χ2n) is 6.41. The minimum atomic E-state index is -0.638. The number of carbonyl (C=O) groups is 2. The molecule has 0 radical (unpaired) electrons. The molecule has 2 aliphatic rings. The first-order chi connectivity index (χ1) is 11.7. The molecular weight excluding hydrogens is 304 g/mol.